The number of esters is 1. The van der Waals surface area contributed by atoms with Gasteiger partial charge < -0.3 is 9.84 Å². The maximum Gasteiger partial charge on any atom is 0.333 e. The number of carbonyl (C=O) groups is 2. The zero-order valence-electron chi connectivity index (χ0n) is 18.4. The van der Waals surface area contributed by atoms with Gasteiger partial charge in [-0.25, -0.2) is 4.79 Å². The summed E-state index contributed by atoms with van der Waals surface area (Å²) >= 11 is 0. The standard InChI is InChI=1S/C25H36O4/c1-6-15(2)21(26)29-20-16(3)17-8-9-19-23(4)11-7-12-24(5,22(27)28)18(23)10-13-25(19,20)14-17/h6,17-20H,3,7-14H2,1-2,4-5H3,(H,27,28)/b15-6-/t17-,18-,19+,20+,23+,24+,25+/m0/s1. The molecule has 4 saturated carbocycles. The number of rotatable bonds is 3. The van der Waals surface area contributed by atoms with Crippen LogP contribution in [0.3, 0.4) is 0 Å². The number of carboxylic acid groups (broad SMARTS) is 1. The van der Waals surface area contributed by atoms with Gasteiger partial charge in [-0.3, -0.25) is 4.79 Å². The van der Waals surface area contributed by atoms with Crippen LogP contribution in [-0.4, -0.2) is 23.1 Å². The second-order valence-electron chi connectivity index (χ2n) is 10.8. The summed E-state index contributed by atoms with van der Waals surface area (Å²) in [6, 6.07) is 0. The van der Waals surface area contributed by atoms with E-state index in [1.807, 2.05) is 13.8 Å². The van der Waals surface area contributed by atoms with Crippen LogP contribution >= 0.6 is 0 Å². The van der Waals surface area contributed by atoms with Gasteiger partial charge in [0.1, 0.15) is 6.10 Å². The molecule has 0 aromatic rings. The molecule has 4 aliphatic rings. The number of hydrogen-bond donors (Lipinski definition) is 1. The molecule has 2 bridgehead atoms. The van der Waals surface area contributed by atoms with Gasteiger partial charge in [0.25, 0.3) is 0 Å². The molecule has 1 N–H and O–H groups in total. The van der Waals surface area contributed by atoms with E-state index in [4.69, 9.17) is 4.74 Å². The Morgan fingerprint density at radius 3 is 2.52 bits per heavy atom. The first-order chi connectivity index (χ1) is 13.6. The molecule has 0 saturated heterocycles. The van der Waals surface area contributed by atoms with Crippen molar-refractivity contribution in [2.24, 2.45) is 34.0 Å². The van der Waals surface area contributed by atoms with E-state index < -0.39 is 11.4 Å². The minimum atomic E-state index is -0.644. The van der Waals surface area contributed by atoms with Crippen LogP contribution in [0.1, 0.15) is 79.1 Å². The second-order valence-corrected chi connectivity index (χ2v) is 10.8. The zero-order valence-corrected chi connectivity index (χ0v) is 18.4. The Morgan fingerprint density at radius 2 is 1.86 bits per heavy atom. The summed E-state index contributed by atoms with van der Waals surface area (Å²) in [7, 11) is 0. The summed E-state index contributed by atoms with van der Waals surface area (Å²) in [5.41, 5.74) is 1.02. The molecule has 7 atom stereocenters. The van der Waals surface area contributed by atoms with E-state index >= 15 is 0 Å². The predicted molar refractivity (Wildman–Crippen MR) is 112 cm³/mol. The molecule has 0 unspecified atom stereocenters. The molecule has 0 amide bonds. The fraction of sp³-hybridized carbons (Fsp3) is 0.760. The largest absolute Gasteiger partial charge is 0.481 e. The van der Waals surface area contributed by atoms with Crippen molar-refractivity contribution < 1.29 is 19.4 Å². The Kier molecular flexibility index (Phi) is 4.79. The van der Waals surface area contributed by atoms with Crippen LogP contribution in [0.2, 0.25) is 0 Å². The van der Waals surface area contributed by atoms with Crippen molar-refractivity contribution in [3.8, 4) is 0 Å². The molecular formula is C25H36O4. The maximum atomic E-state index is 12.7. The molecule has 160 valence electrons. The fourth-order valence-electron chi connectivity index (χ4n) is 8.10. The molecule has 0 heterocycles. The first-order valence-corrected chi connectivity index (χ1v) is 11.4. The van der Waals surface area contributed by atoms with Crippen molar-refractivity contribution >= 4 is 11.9 Å². The lowest BCUT2D eigenvalue weighted by atomic mass is 9.40. The van der Waals surface area contributed by atoms with E-state index in [9.17, 15) is 14.7 Å². The number of ether oxygens (including phenoxy) is 1. The van der Waals surface area contributed by atoms with Crippen molar-refractivity contribution in [3.05, 3.63) is 23.8 Å². The van der Waals surface area contributed by atoms with E-state index in [1.54, 1.807) is 13.0 Å². The summed E-state index contributed by atoms with van der Waals surface area (Å²) in [4.78, 5) is 25.0. The quantitative estimate of drug-likeness (QED) is 0.384. The van der Waals surface area contributed by atoms with E-state index in [0.717, 1.165) is 56.9 Å². The van der Waals surface area contributed by atoms with Crippen LogP contribution in [0.4, 0.5) is 0 Å². The fourth-order valence-corrected chi connectivity index (χ4v) is 8.10. The molecule has 4 rings (SSSR count). The highest BCUT2D eigenvalue weighted by atomic mass is 16.5. The van der Waals surface area contributed by atoms with Gasteiger partial charge in [0, 0.05) is 11.0 Å². The van der Waals surface area contributed by atoms with Crippen molar-refractivity contribution in [1.29, 1.82) is 0 Å². The predicted octanol–water partition coefficient (Wildman–Crippen LogP) is 5.53. The summed E-state index contributed by atoms with van der Waals surface area (Å²) in [5, 5.41) is 10.1. The van der Waals surface area contributed by atoms with E-state index in [-0.39, 0.29) is 28.8 Å². The van der Waals surface area contributed by atoms with Gasteiger partial charge in [0.05, 0.1) is 5.41 Å². The second kappa shape index (κ2) is 6.72. The van der Waals surface area contributed by atoms with Gasteiger partial charge in [-0.05, 0) is 94.5 Å². The SMILES string of the molecule is C=C1[C@H]2CC[C@@H]3[C@]4(C)CCC[C@@](C)(C(=O)O)[C@H]4CC[C@]3(C2)[C@@H]1OC(=O)/C(C)=C\C. The monoisotopic (exact) mass is 400 g/mol. The van der Waals surface area contributed by atoms with Gasteiger partial charge in [-0.1, -0.05) is 26.0 Å². The average molecular weight is 401 g/mol. The maximum absolute atomic E-state index is 12.7. The molecule has 29 heavy (non-hydrogen) atoms. The summed E-state index contributed by atoms with van der Waals surface area (Å²) in [5.74, 6) is 0.151. The highest BCUT2D eigenvalue weighted by molar-refractivity contribution is 5.88. The molecule has 0 aliphatic heterocycles. The van der Waals surface area contributed by atoms with E-state index in [1.165, 1.54) is 0 Å². The zero-order chi connectivity index (χ0) is 21.2. The summed E-state index contributed by atoms with van der Waals surface area (Å²) in [6.07, 6.45) is 9.50. The van der Waals surface area contributed by atoms with Crippen molar-refractivity contribution in [2.45, 2.75) is 85.2 Å². The molecule has 4 fully saturated rings. The number of fused-ring (bicyclic) bond motifs is 3. The average Bonchev–Trinajstić information content (AvgIpc) is 2.87. The van der Waals surface area contributed by atoms with Crippen LogP contribution in [0.5, 0.6) is 0 Å². The number of allylic oxidation sites excluding steroid dienone is 1. The Bertz CT molecular complexity index is 782. The lowest BCUT2D eigenvalue weighted by Gasteiger charge is -2.63. The molecule has 0 radical (unpaired) electrons. The van der Waals surface area contributed by atoms with Crippen LogP contribution in [0, 0.1) is 34.0 Å². The lowest BCUT2D eigenvalue weighted by Crippen LogP contribution is -2.60. The Morgan fingerprint density at radius 1 is 1.14 bits per heavy atom. The number of carboxylic acids is 1. The highest BCUT2D eigenvalue weighted by Crippen LogP contribution is 2.72. The van der Waals surface area contributed by atoms with Gasteiger partial charge in [-0.2, -0.15) is 0 Å². The van der Waals surface area contributed by atoms with Crippen molar-refractivity contribution in [1.82, 2.24) is 0 Å². The van der Waals surface area contributed by atoms with Crippen molar-refractivity contribution in [3.63, 3.8) is 0 Å². The third-order valence-electron chi connectivity index (χ3n) is 9.65. The van der Waals surface area contributed by atoms with E-state index in [0.29, 0.717) is 17.4 Å². The van der Waals surface area contributed by atoms with Crippen LogP contribution < -0.4 is 0 Å². The number of hydrogen-bond acceptors (Lipinski definition) is 3. The Hall–Kier alpha value is -1.58. The van der Waals surface area contributed by atoms with Gasteiger partial charge >= 0.3 is 11.9 Å². The Labute approximate surface area is 174 Å². The smallest absolute Gasteiger partial charge is 0.333 e. The van der Waals surface area contributed by atoms with Gasteiger partial charge in [-0.15, -0.1) is 0 Å². The molecule has 4 nitrogen and oxygen atoms in total. The van der Waals surface area contributed by atoms with Gasteiger partial charge in [0.15, 0.2) is 0 Å². The van der Waals surface area contributed by atoms with Crippen LogP contribution in [0.15, 0.2) is 23.8 Å². The lowest BCUT2D eigenvalue weighted by molar-refractivity contribution is -0.195. The van der Waals surface area contributed by atoms with Crippen LogP contribution in [-0.2, 0) is 14.3 Å². The Balaban J connectivity index is 1.73. The molecule has 0 aromatic heterocycles. The molecule has 0 aromatic carbocycles. The summed E-state index contributed by atoms with van der Waals surface area (Å²) in [6.45, 7) is 12.4. The number of aliphatic carboxylic acids is 1. The normalized spacial score (nSPS) is 46.6. The van der Waals surface area contributed by atoms with Crippen molar-refractivity contribution in [2.75, 3.05) is 0 Å². The first-order valence-electron chi connectivity index (χ1n) is 11.4. The third kappa shape index (κ3) is 2.70. The molecule has 4 heteroatoms. The summed E-state index contributed by atoms with van der Waals surface area (Å²) < 4.78 is 6.15. The first kappa shape index (κ1) is 20.7. The van der Waals surface area contributed by atoms with E-state index in [2.05, 4.69) is 13.5 Å². The molecule has 4 aliphatic carbocycles. The minimum absolute atomic E-state index is 0.0144. The molecule has 1 spiro atoms. The van der Waals surface area contributed by atoms with Gasteiger partial charge in [0.2, 0.25) is 0 Å². The van der Waals surface area contributed by atoms with Crippen LogP contribution in [0.25, 0.3) is 0 Å². The number of carbonyl (C=O) groups excluding carboxylic acids is 1. The minimum Gasteiger partial charge on any atom is -0.481 e. The molecular weight excluding hydrogens is 364 g/mol. The highest BCUT2D eigenvalue weighted by Gasteiger charge is 2.68. The third-order valence-corrected chi connectivity index (χ3v) is 9.65. The topological polar surface area (TPSA) is 63.6 Å².